The van der Waals surface area contributed by atoms with Gasteiger partial charge in [-0.05, 0) is 53.9 Å². The van der Waals surface area contributed by atoms with E-state index in [-0.39, 0.29) is 49.2 Å². The van der Waals surface area contributed by atoms with E-state index in [9.17, 15) is 14.4 Å². The molecule has 0 radical (unpaired) electrons. The third-order valence-electron chi connectivity index (χ3n) is 7.30. The van der Waals surface area contributed by atoms with Gasteiger partial charge in [0.1, 0.15) is 6.61 Å². The van der Waals surface area contributed by atoms with Gasteiger partial charge in [0, 0.05) is 37.9 Å². The number of amides is 2. The van der Waals surface area contributed by atoms with Crippen molar-refractivity contribution in [1.82, 2.24) is 10.2 Å². The summed E-state index contributed by atoms with van der Waals surface area (Å²) >= 11 is 0. The summed E-state index contributed by atoms with van der Waals surface area (Å²) in [4.78, 5) is 38.2. The van der Waals surface area contributed by atoms with Crippen molar-refractivity contribution in [3.63, 3.8) is 0 Å². The average Bonchev–Trinajstić information content (AvgIpc) is 3.16. The molecular formula is C28H34N2O5. The summed E-state index contributed by atoms with van der Waals surface area (Å²) in [5.41, 5.74) is 4.66. The number of likely N-dealkylation sites (tertiary alicyclic amines) is 1. The van der Waals surface area contributed by atoms with Crippen LogP contribution in [0.4, 0.5) is 4.79 Å². The van der Waals surface area contributed by atoms with Gasteiger partial charge >= 0.3 is 12.1 Å². The van der Waals surface area contributed by atoms with Crippen molar-refractivity contribution < 1.29 is 24.2 Å². The van der Waals surface area contributed by atoms with Crippen molar-refractivity contribution in [2.24, 2.45) is 11.8 Å². The number of hydrogen-bond acceptors (Lipinski definition) is 4. The zero-order valence-corrected chi connectivity index (χ0v) is 20.4. The van der Waals surface area contributed by atoms with Crippen LogP contribution in [0.1, 0.15) is 56.6 Å². The van der Waals surface area contributed by atoms with E-state index >= 15 is 0 Å². The molecule has 3 atom stereocenters. The van der Waals surface area contributed by atoms with Gasteiger partial charge in [-0.3, -0.25) is 9.59 Å². The van der Waals surface area contributed by atoms with E-state index in [0.717, 1.165) is 24.0 Å². The third kappa shape index (κ3) is 5.84. The van der Waals surface area contributed by atoms with Crippen LogP contribution in [-0.4, -0.2) is 53.7 Å². The molecule has 35 heavy (non-hydrogen) atoms. The first-order chi connectivity index (χ1) is 16.8. The minimum atomic E-state index is -0.804. The predicted octanol–water partition coefficient (Wildman–Crippen LogP) is 4.65. The van der Waals surface area contributed by atoms with Crippen molar-refractivity contribution in [3.8, 4) is 11.1 Å². The number of nitrogens with zero attached hydrogens (tertiary/aromatic N) is 1. The Bertz CT molecular complexity index is 1040. The molecule has 0 spiro atoms. The lowest BCUT2D eigenvalue weighted by Crippen LogP contribution is -2.45. The van der Waals surface area contributed by atoms with Gasteiger partial charge in [0.15, 0.2) is 0 Å². The molecule has 2 N–H and O–H groups in total. The number of benzene rings is 2. The highest BCUT2D eigenvalue weighted by Crippen LogP contribution is 2.44. The van der Waals surface area contributed by atoms with E-state index in [1.54, 1.807) is 6.92 Å². The lowest BCUT2D eigenvalue weighted by Gasteiger charge is -2.36. The predicted molar refractivity (Wildman–Crippen MR) is 133 cm³/mol. The molecule has 1 saturated heterocycles. The Balaban J connectivity index is 1.27. The number of ether oxygens (including phenoxy) is 1. The molecule has 2 amide bonds. The zero-order valence-electron chi connectivity index (χ0n) is 20.4. The molecule has 1 fully saturated rings. The number of fused-ring (bicyclic) bond motifs is 3. The molecule has 1 aliphatic carbocycles. The van der Waals surface area contributed by atoms with Gasteiger partial charge in [-0.1, -0.05) is 55.5 Å². The summed E-state index contributed by atoms with van der Waals surface area (Å²) in [7, 11) is 0. The number of aliphatic carboxylic acids is 1. The molecule has 0 bridgehead atoms. The van der Waals surface area contributed by atoms with Gasteiger partial charge < -0.3 is 20.1 Å². The highest BCUT2D eigenvalue weighted by atomic mass is 16.5. The van der Waals surface area contributed by atoms with Gasteiger partial charge in [0.05, 0.1) is 0 Å². The van der Waals surface area contributed by atoms with Gasteiger partial charge in [0.2, 0.25) is 5.91 Å². The molecule has 4 rings (SSSR count). The Labute approximate surface area is 206 Å². The van der Waals surface area contributed by atoms with E-state index < -0.39 is 12.1 Å². The SMILES string of the molecule is CC(CC(=O)O)C1CCCN(C(=O)C[C@@H](C)NC(=O)OCC2c3ccccc3-c3ccccc32)C1. The average molecular weight is 479 g/mol. The maximum Gasteiger partial charge on any atom is 0.407 e. The molecule has 7 heteroatoms. The van der Waals surface area contributed by atoms with E-state index in [0.29, 0.717) is 13.1 Å². The van der Waals surface area contributed by atoms with E-state index in [4.69, 9.17) is 9.84 Å². The summed E-state index contributed by atoms with van der Waals surface area (Å²) in [6.45, 7) is 5.22. The van der Waals surface area contributed by atoms with E-state index in [2.05, 4.69) is 29.6 Å². The maximum atomic E-state index is 12.8. The zero-order chi connectivity index (χ0) is 24.9. The van der Waals surface area contributed by atoms with E-state index in [1.807, 2.05) is 36.1 Å². The van der Waals surface area contributed by atoms with Crippen LogP contribution in [0.15, 0.2) is 48.5 Å². The minimum absolute atomic E-state index is 0.0110. The smallest absolute Gasteiger partial charge is 0.407 e. The van der Waals surface area contributed by atoms with Crippen molar-refractivity contribution in [1.29, 1.82) is 0 Å². The first-order valence-electron chi connectivity index (χ1n) is 12.4. The van der Waals surface area contributed by atoms with Crippen molar-refractivity contribution in [2.75, 3.05) is 19.7 Å². The number of carboxylic acid groups (broad SMARTS) is 1. The van der Waals surface area contributed by atoms with Crippen LogP contribution in [0, 0.1) is 11.8 Å². The Hall–Kier alpha value is -3.35. The van der Waals surface area contributed by atoms with E-state index in [1.165, 1.54) is 11.1 Å². The van der Waals surface area contributed by atoms with Crippen LogP contribution in [0.5, 0.6) is 0 Å². The molecule has 2 aromatic carbocycles. The number of piperidine rings is 1. The fourth-order valence-corrected chi connectivity index (χ4v) is 5.43. The minimum Gasteiger partial charge on any atom is -0.481 e. The maximum absolute atomic E-state index is 12.8. The van der Waals surface area contributed by atoms with Gasteiger partial charge in [-0.25, -0.2) is 4.79 Å². The lowest BCUT2D eigenvalue weighted by molar-refractivity contribution is -0.138. The monoisotopic (exact) mass is 478 g/mol. The summed E-state index contributed by atoms with van der Waals surface area (Å²) in [5.74, 6) is -0.623. The quantitative estimate of drug-likeness (QED) is 0.576. The molecule has 2 aliphatic rings. The van der Waals surface area contributed by atoms with Crippen LogP contribution in [0.3, 0.4) is 0 Å². The second kappa shape index (κ2) is 10.9. The standard InChI is InChI=1S/C28H34N2O5/c1-18(14-27(32)33)20-8-7-13-30(16-20)26(31)15-19(2)29-28(34)35-17-25-23-11-5-3-9-21(23)22-10-4-6-12-24(22)25/h3-6,9-12,18-20,25H,7-8,13-17H2,1-2H3,(H,29,34)(H,32,33)/t18?,19-,20?/m1/s1. The summed E-state index contributed by atoms with van der Waals surface area (Å²) in [6.07, 6.45) is 1.58. The summed E-state index contributed by atoms with van der Waals surface area (Å²) in [6, 6.07) is 16.0. The molecule has 2 unspecified atom stereocenters. The fourth-order valence-electron chi connectivity index (χ4n) is 5.43. The number of rotatable bonds is 8. The highest BCUT2D eigenvalue weighted by Gasteiger charge is 2.31. The largest absolute Gasteiger partial charge is 0.481 e. The van der Waals surface area contributed by atoms with Crippen LogP contribution in [-0.2, 0) is 14.3 Å². The Kier molecular flexibility index (Phi) is 7.73. The Morgan fingerprint density at radius 2 is 1.66 bits per heavy atom. The molecule has 7 nitrogen and oxygen atoms in total. The molecule has 0 saturated carbocycles. The fraction of sp³-hybridized carbons (Fsp3) is 0.464. The number of hydrogen-bond donors (Lipinski definition) is 2. The Morgan fingerprint density at radius 1 is 1.03 bits per heavy atom. The van der Waals surface area contributed by atoms with Crippen LogP contribution >= 0.6 is 0 Å². The summed E-state index contributed by atoms with van der Waals surface area (Å²) < 4.78 is 5.59. The molecule has 0 aromatic heterocycles. The number of carboxylic acids is 1. The molecule has 2 aromatic rings. The molecular weight excluding hydrogens is 444 g/mol. The van der Waals surface area contributed by atoms with Crippen LogP contribution in [0.25, 0.3) is 11.1 Å². The first kappa shape index (κ1) is 24.8. The second-order valence-electron chi connectivity index (χ2n) is 9.89. The van der Waals surface area contributed by atoms with Gasteiger partial charge in [0.25, 0.3) is 0 Å². The number of carbonyl (C=O) groups is 3. The lowest BCUT2D eigenvalue weighted by atomic mass is 9.84. The highest BCUT2D eigenvalue weighted by molar-refractivity contribution is 5.79. The first-order valence-corrected chi connectivity index (χ1v) is 12.4. The second-order valence-corrected chi connectivity index (χ2v) is 9.89. The molecule has 186 valence electrons. The van der Waals surface area contributed by atoms with Gasteiger partial charge in [-0.15, -0.1) is 0 Å². The molecule has 1 aliphatic heterocycles. The van der Waals surface area contributed by atoms with Crippen molar-refractivity contribution in [3.05, 3.63) is 59.7 Å². The third-order valence-corrected chi connectivity index (χ3v) is 7.30. The summed E-state index contributed by atoms with van der Waals surface area (Å²) in [5, 5.41) is 11.9. The van der Waals surface area contributed by atoms with Crippen molar-refractivity contribution >= 4 is 18.0 Å². The number of alkyl carbamates (subject to hydrolysis) is 1. The Morgan fingerprint density at radius 3 is 2.29 bits per heavy atom. The number of carbonyl (C=O) groups excluding carboxylic acids is 2. The van der Waals surface area contributed by atoms with Gasteiger partial charge in [-0.2, -0.15) is 0 Å². The van der Waals surface area contributed by atoms with Crippen LogP contribution < -0.4 is 5.32 Å². The number of nitrogens with one attached hydrogen (secondary N) is 1. The van der Waals surface area contributed by atoms with Crippen molar-refractivity contribution in [2.45, 2.75) is 51.5 Å². The molecule has 1 heterocycles. The topological polar surface area (TPSA) is 95.9 Å². The normalized spacial score (nSPS) is 18.8. The van der Waals surface area contributed by atoms with Crippen LogP contribution in [0.2, 0.25) is 0 Å².